The molecule has 8 heteroatoms. The van der Waals surface area contributed by atoms with E-state index in [-0.39, 0.29) is 23.3 Å². The Morgan fingerprint density at radius 3 is 2.60 bits per heavy atom. The lowest BCUT2D eigenvalue weighted by Crippen LogP contribution is -2.30. The number of pyridine rings is 1. The molecule has 1 saturated carbocycles. The van der Waals surface area contributed by atoms with Crippen LogP contribution in [-0.2, 0) is 6.18 Å². The Morgan fingerprint density at radius 1 is 1.50 bits per heavy atom. The van der Waals surface area contributed by atoms with Gasteiger partial charge in [-0.1, -0.05) is 5.16 Å². The van der Waals surface area contributed by atoms with Crippen molar-refractivity contribution < 1.29 is 18.4 Å². The summed E-state index contributed by atoms with van der Waals surface area (Å²) in [6.45, 7) is 2.33. The lowest BCUT2D eigenvalue weighted by Gasteiger charge is -2.24. The van der Waals surface area contributed by atoms with E-state index < -0.39 is 11.9 Å². The van der Waals surface area contributed by atoms with Crippen molar-refractivity contribution >= 4 is 11.7 Å². The third-order valence-electron chi connectivity index (χ3n) is 3.15. The van der Waals surface area contributed by atoms with E-state index in [2.05, 4.69) is 10.1 Å². The molecule has 1 aliphatic rings. The molecule has 0 bridgehead atoms. The molecule has 2 rings (SSSR count). The first-order valence-electron chi connectivity index (χ1n) is 6.21. The van der Waals surface area contributed by atoms with Crippen molar-refractivity contribution in [1.29, 1.82) is 0 Å². The highest BCUT2D eigenvalue weighted by atomic mass is 19.4. The van der Waals surface area contributed by atoms with E-state index in [1.807, 2.05) is 6.92 Å². The van der Waals surface area contributed by atoms with Crippen LogP contribution in [0.3, 0.4) is 0 Å². The quantitative estimate of drug-likeness (QED) is 0.385. The number of aromatic nitrogens is 1. The molecule has 1 aromatic heterocycles. The fourth-order valence-corrected chi connectivity index (χ4v) is 2.05. The van der Waals surface area contributed by atoms with Crippen LogP contribution in [0.25, 0.3) is 0 Å². The maximum Gasteiger partial charge on any atom is 0.433 e. The average Bonchev–Trinajstić information content (AvgIpc) is 3.22. The van der Waals surface area contributed by atoms with Gasteiger partial charge in [0, 0.05) is 12.6 Å². The van der Waals surface area contributed by atoms with Crippen LogP contribution in [0.4, 0.5) is 19.0 Å². The molecule has 1 aliphatic carbocycles. The number of nitrogens with two attached hydrogens (primary N) is 1. The Balaban J connectivity index is 2.53. The number of halogens is 3. The molecule has 1 aromatic rings. The van der Waals surface area contributed by atoms with Crippen molar-refractivity contribution in [2.45, 2.75) is 32.0 Å². The molecular formula is C12H15F3N4O. The van der Waals surface area contributed by atoms with Crippen molar-refractivity contribution in [2.75, 3.05) is 11.4 Å². The van der Waals surface area contributed by atoms with Gasteiger partial charge in [0.05, 0.1) is 5.56 Å². The normalized spacial score (nSPS) is 16.3. The maximum absolute atomic E-state index is 12.8. The smallest absolute Gasteiger partial charge is 0.409 e. The standard InChI is InChI=1S/C12H15F3N4O/c1-2-19(7-3-4-7)11-8(10(16)18-20)5-6-9(17-11)12(13,14)15/h5-7,20H,2-4H2,1H3,(H2,16,18). The van der Waals surface area contributed by atoms with E-state index in [9.17, 15) is 13.2 Å². The second-order valence-electron chi connectivity index (χ2n) is 4.57. The number of amidine groups is 1. The van der Waals surface area contributed by atoms with E-state index >= 15 is 0 Å². The molecule has 5 nitrogen and oxygen atoms in total. The maximum atomic E-state index is 12.8. The summed E-state index contributed by atoms with van der Waals surface area (Å²) in [4.78, 5) is 5.43. The highest BCUT2D eigenvalue weighted by Crippen LogP contribution is 2.35. The summed E-state index contributed by atoms with van der Waals surface area (Å²) in [6.07, 6.45) is -2.72. The number of nitrogens with zero attached hydrogens (tertiary/aromatic N) is 3. The Kier molecular flexibility index (Phi) is 3.74. The molecule has 3 N–H and O–H groups in total. The summed E-state index contributed by atoms with van der Waals surface area (Å²) in [5, 5.41) is 11.6. The van der Waals surface area contributed by atoms with Crippen molar-refractivity contribution in [2.24, 2.45) is 10.9 Å². The summed E-state index contributed by atoms with van der Waals surface area (Å²) < 4.78 is 38.3. The number of hydrogen-bond donors (Lipinski definition) is 2. The first-order valence-corrected chi connectivity index (χ1v) is 6.21. The van der Waals surface area contributed by atoms with Crippen LogP contribution in [0.5, 0.6) is 0 Å². The minimum Gasteiger partial charge on any atom is -0.409 e. The molecule has 0 amide bonds. The number of oxime groups is 1. The van der Waals surface area contributed by atoms with Gasteiger partial charge in [0.15, 0.2) is 5.84 Å². The zero-order chi connectivity index (χ0) is 14.9. The van der Waals surface area contributed by atoms with Gasteiger partial charge >= 0.3 is 6.18 Å². The highest BCUT2D eigenvalue weighted by Gasteiger charge is 2.36. The largest absolute Gasteiger partial charge is 0.433 e. The highest BCUT2D eigenvalue weighted by molar-refractivity contribution is 6.01. The molecule has 0 radical (unpaired) electrons. The number of alkyl halides is 3. The Bertz CT molecular complexity index is 526. The van der Waals surface area contributed by atoms with Crippen LogP contribution in [0.15, 0.2) is 17.3 Å². The van der Waals surface area contributed by atoms with Gasteiger partial charge in [-0.25, -0.2) is 4.98 Å². The molecule has 1 heterocycles. The zero-order valence-corrected chi connectivity index (χ0v) is 10.9. The Hall–Kier alpha value is -1.99. The van der Waals surface area contributed by atoms with Gasteiger partial charge < -0.3 is 15.8 Å². The second-order valence-corrected chi connectivity index (χ2v) is 4.57. The molecule has 110 valence electrons. The summed E-state index contributed by atoms with van der Waals surface area (Å²) >= 11 is 0. The third kappa shape index (κ3) is 2.78. The monoisotopic (exact) mass is 288 g/mol. The van der Waals surface area contributed by atoms with E-state index in [0.29, 0.717) is 6.54 Å². The van der Waals surface area contributed by atoms with Gasteiger partial charge in [0.25, 0.3) is 0 Å². The molecule has 0 unspecified atom stereocenters. The van der Waals surface area contributed by atoms with Crippen molar-refractivity contribution in [3.8, 4) is 0 Å². The van der Waals surface area contributed by atoms with E-state index in [1.165, 1.54) is 6.07 Å². The topological polar surface area (TPSA) is 74.7 Å². The van der Waals surface area contributed by atoms with E-state index in [1.54, 1.807) is 4.90 Å². The Morgan fingerprint density at radius 2 is 2.15 bits per heavy atom. The van der Waals surface area contributed by atoms with Crippen LogP contribution >= 0.6 is 0 Å². The first-order chi connectivity index (χ1) is 9.38. The SMILES string of the molecule is CCN(c1nc(C(F)(F)F)ccc1C(N)=NO)C1CC1. The van der Waals surface area contributed by atoms with Crippen LogP contribution in [0, 0.1) is 0 Å². The minimum atomic E-state index is -4.53. The van der Waals surface area contributed by atoms with Crippen LogP contribution in [-0.4, -0.2) is 28.6 Å². The number of hydrogen-bond acceptors (Lipinski definition) is 4. The van der Waals surface area contributed by atoms with Gasteiger partial charge in [-0.15, -0.1) is 0 Å². The van der Waals surface area contributed by atoms with Gasteiger partial charge in [-0.05, 0) is 31.9 Å². The fraction of sp³-hybridized carbons (Fsp3) is 0.500. The molecule has 20 heavy (non-hydrogen) atoms. The molecule has 0 aliphatic heterocycles. The Labute approximate surface area is 113 Å². The molecule has 0 saturated heterocycles. The van der Waals surface area contributed by atoms with Crippen LogP contribution < -0.4 is 10.6 Å². The fourth-order valence-electron chi connectivity index (χ4n) is 2.05. The lowest BCUT2D eigenvalue weighted by atomic mass is 10.2. The van der Waals surface area contributed by atoms with Crippen molar-refractivity contribution in [3.63, 3.8) is 0 Å². The van der Waals surface area contributed by atoms with Crippen molar-refractivity contribution in [1.82, 2.24) is 4.98 Å². The summed E-state index contributed by atoms with van der Waals surface area (Å²) in [6, 6.07) is 2.18. The summed E-state index contributed by atoms with van der Waals surface area (Å²) in [5.41, 5.74) is 4.74. The van der Waals surface area contributed by atoms with Gasteiger partial charge in [0.1, 0.15) is 11.5 Å². The predicted octanol–water partition coefficient (Wildman–Crippen LogP) is 2.18. The average molecular weight is 288 g/mol. The van der Waals surface area contributed by atoms with Crippen LogP contribution in [0.1, 0.15) is 31.0 Å². The molecule has 0 atom stereocenters. The van der Waals surface area contributed by atoms with E-state index in [0.717, 1.165) is 18.9 Å². The van der Waals surface area contributed by atoms with E-state index in [4.69, 9.17) is 10.9 Å². The molecule has 1 fully saturated rings. The molecule has 0 aromatic carbocycles. The first kappa shape index (κ1) is 14.4. The number of rotatable bonds is 4. The lowest BCUT2D eigenvalue weighted by molar-refractivity contribution is -0.141. The second kappa shape index (κ2) is 5.18. The summed E-state index contributed by atoms with van der Waals surface area (Å²) in [5.74, 6) is -0.138. The molecular weight excluding hydrogens is 273 g/mol. The van der Waals surface area contributed by atoms with Gasteiger partial charge in [0.2, 0.25) is 0 Å². The predicted molar refractivity (Wildman–Crippen MR) is 67.8 cm³/mol. The van der Waals surface area contributed by atoms with Crippen molar-refractivity contribution in [3.05, 3.63) is 23.4 Å². The summed E-state index contributed by atoms with van der Waals surface area (Å²) in [7, 11) is 0. The third-order valence-corrected chi connectivity index (χ3v) is 3.15. The minimum absolute atomic E-state index is 0.111. The van der Waals surface area contributed by atoms with Crippen LogP contribution in [0.2, 0.25) is 0 Å². The number of anilines is 1. The van der Waals surface area contributed by atoms with Gasteiger partial charge in [-0.2, -0.15) is 13.2 Å². The van der Waals surface area contributed by atoms with Gasteiger partial charge in [-0.3, -0.25) is 0 Å². The zero-order valence-electron chi connectivity index (χ0n) is 10.9. The molecule has 0 spiro atoms.